The minimum absolute atomic E-state index is 0.110. The predicted molar refractivity (Wildman–Crippen MR) is 110 cm³/mol. The number of nitrogens with zero attached hydrogens (tertiary/aromatic N) is 4. The molecule has 1 amide bonds. The fourth-order valence-corrected chi connectivity index (χ4v) is 3.57. The number of hydrogen-bond acceptors (Lipinski definition) is 7. The van der Waals surface area contributed by atoms with Crippen molar-refractivity contribution in [2.45, 2.75) is 30.4 Å². The van der Waals surface area contributed by atoms with Gasteiger partial charge < -0.3 is 15.7 Å². The van der Waals surface area contributed by atoms with E-state index in [1.54, 1.807) is 10.6 Å². The molecule has 0 atom stereocenters. The summed E-state index contributed by atoms with van der Waals surface area (Å²) in [7, 11) is 0. The first-order valence-electron chi connectivity index (χ1n) is 8.84. The Hall–Kier alpha value is -3.37. The number of H-pyrrole nitrogens is 1. The van der Waals surface area contributed by atoms with Crippen LogP contribution < -0.4 is 10.6 Å². The van der Waals surface area contributed by atoms with Gasteiger partial charge in [-0.2, -0.15) is 5.10 Å². The van der Waals surface area contributed by atoms with Crippen LogP contribution >= 0.6 is 11.8 Å². The molecular formula is C19H19N7O2S. The molecule has 10 heteroatoms. The van der Waals surface area contributed by atoms with Crippen LogP contribution in [0.2, 0.25) is 0 Å². The lowest BCUT2D eigenvalue weighted by atomic mass is 10.3. The quantitative estimate of drug-likeness (QED) is 0.361. The number of aromatic amines is 1. The maximum absolute atomic E-state index is 11.2. The lowest BCUT2D eigenvalue weighted by Crippen LogP contribution is -2.05. The Morgan fingerprint density at radius 2 is 2.03 bits per heavy atom. The highest BCUT2D eigenvalue weighted by Gasteiger charge is 2.12. The monoisotopic (exact) mass is 409 g/mol. The lowest BCUT2D eigenvalue weighted by Gasteiger charge is -2.09. The number of nitrogens with one attached hydrogen (secondary N) is 3. The van der Waals surface area contributed by atoms with Gasteiger partial charge in [-0.25, -0.2) is 9.97 Å². The molecule has 0 unspecified atom stereocenters. The van der Waals surface area contributed by atoms with Gasteiger partial charge in [0.1, 0.15) is 10.7 Å². The number of carbonyl (C=O) groups is 1. The fraction of sp³-hybridized carbons (Fsp3) is 0.158. The van der Waals surface area contributed by atoms with Crippen LogP contribution in [0, 0.1) is 6.92 Å². The number of aryl methyl sites for hydroxylation is 1. The van der Waals surface area contributed by atoms with Crippen LogP contribution in [0.15, 0.2) is 52.5 Å². The smallest absolute Gasteiger partial charge is 0.221 e. The van der Waals surface area contributed by atoms with Gasteiger partial charge in [-0.1, -0.05) is 11.8 Å². The highest BCUT2D eigenvalue weighted by atomic mass is 32.2. The number of imidazole rings is 1. The standard InChI is InChI=1S/C19H19N7O2S/c1-11-7-16(25-24-11)22-19-23-18(8-17-21-14(10-27)9-26(17)19)29-15-5-3-13(4-6-15)20-12(2)28/h3-9,27H,10H2,1-2H3,(H,20,28)(H2,22,23,24,25). The van der Waals surface area contributed by atoms with Crippen LogP contribution in [-0.2, 0) is 11.4 Å². The summed E-state index contributed by atoms with van der Waals surface area (Å²) in [5.41, 5.74) is 2.88. The second-order valence-corrected chi connectivity index (χ2v) is 7.50. The average Bonchev–Trinajstić information content (AvgIpc) is 3.29. The number of hydrogen-bond donors (Lipinski definition) is 4. The Balaban J connectivity index is 1.66. The molecule has 3 heterocycles. The number of benzene rings is 1. The third-order valence-electron chi connectivity index (χ3n) is 3.98. The first-order chi connectivity index (χ1) is 14.0. The van der Waals surface area contributed by atoms with Crippen molar-refractivity contribution < 1.29 is 9.90 Å². The zero-order valence-corrected chi connectivity index (χ0v) is 16.6. The van der Waals surface area contributed by atoms with E-state index < -0.39 is 0 Å². The molecule has 0 saturated carbocycles. The number of aromatic nitrogens is 5. The largest absolute Gasteiger partial charge is 0.390 e. The molecule has 0 saturated heterocycles. The van der Waals surface area contributed by atoms with E-state index in [-0.39, 0.29) is 12.5 Å². The van der Waals surface area contributed by atoms with Crippen molar-refractivity contribution in [2.75, 3.05) is 10.6 Å². The minimum atomic E-state index is -0.157. The van der Waals surface area contributed by atoms with E-state index in [1.807, 2.05) is 43.3 Å². The average molecular weight is 409 g/mol. The lowest BCUT2D eigenvalue weighted by molar-refractivity contribution is -0.114. The van der Waals surface area contributed by atoms with Crippen LogP contribution in [0.5, 0.6) is 0 Å². The van der Waals surface area contributed by atoms with E-state index in [0.717, 1.165) is 21.3 Å². The first-order valence-corrected chi connectivity index (χ1v) is 9.66. The summed E-state index contributed by atoms with van der Waals surface area (Å²) in [6, 6.07) is 11.2. The minimum Gasteiger partial charge on any atom is -0.390 e. The van der Waals surface area contributed by atoms with E-state index in [1.165, 1.54) is 18.7 Å². The van der Waals surface area contributed by atoms with E-state index >= 15 is 0 Å². The van der Waals surface area contributed by atoms with E-state index in [4.69, 9.17) is 0 Å². The molecule has 0 aliphatic rings. The third kappa shape index (κ3) is 4.39. The van der Waals surface area contributed by atoms with Gasteiger partial charge in [0.15, 0.2) is 5.82 Å². The zero-order valence-electron chi connectivity index (χ0n) is 15.8. The Kier molecular flexibility index (Phi) is 5.19. The number of aliphatic hydroxyl groups is 1. The fourth-order valence-electron chi connectivity index (χ4n) is 2.76. The molecule has 4 aromatic rings. The van der Waals surface area contributed by atoms with Gasteiger partial charge in [-0.3, -0.25) is 14.3 Å². The van der Waals surface area contributed by atoms with E-state index in [9.17, 15) is 9.90 Å². The van der Waals surface area contributed by atoms with Crippen LogP contribution in [0.3, 0.4) is 0 Å². The van der Waals surface area contributed by atoms with Gasteiger partial charge in [-0.15, -0.1) is 0 Å². The van der Waals surface area contributed by atoms with Gasteiger partial charge in [-0.05, 0) is 31.2 Å². The summed E-state index contributed by atoms with van der Waals surface area (Å²) in [6.07, 6.45) is 1.74. The van der Waals surface area contributed by atoms with Gasteiger partial charge in [0, 0.05) is 41.5 Å². The van der Waals surface area contributed by atoms with Crippen molar-refractivity contribution in [2.24, 2.45) is 0 Å². The van der Waals surface area contributed by atoms with Crippen molar-refractivity contribution in [3.8, 4) is 0 Å². The van der Waals surface area contributed by atoms with Crippen molar-refractivity contribution in [3.05, 3.63) is 54.0 Å². The predicted octanol–water partition coefficient (Wildman–Crippen LogP) is 3.11. The Morgan fingerprint density at radius 1 is 1.24 bits per heavy atom. The molecular weight excluding hydrogens is 390 g/mol. The van der Waals surface area contributed by atoms with Gasteiger partial charge >= 0.3 is 0 Å². The molecule has 0 bridgehead atoms. The summed E-state index contributed by atoms with van der Waals surface area (Å²) in [5, 5.41) is 23.2. The zero-order chi connectivity index (χ0) is 20.4. The Labute approximate surface area is 170 Å². The SMILES string of the molecule is CC(=O)Nc1ccc(Sc2cc3nc(CO)cn3c(Nc3cc(C)[nH]n3)n2)cc1. The maximum atomic E-state index is 11.2. The van der Waals surface area contributed by atoms with Gasteiger partial charge in [0.25, 0.3) is 0 Å². The molecule has 0 aliphatic carbocycles. The van der Waals surface area contributed by atoms with Crippen molar-refractivity contribution in [1.82, 2.24) is 24.6 Å². The first kappa shape index (κ1) is 19.0. The molecule has 0 fully saturated rings. The molecule has 0 spiro atoms. The maximum Gasteiger partial charge on any atom is 0.221 e. The molecule has 3 aromatic heterocycles. The van der Waals surface area contributed by atoms with Gasteiger partial charge in [0.05, 0.1) is 12.3 Å². The molecule has 148 valence electrons. The molecule has 0 aliphatic heterocycles. The van der Waals surface area contributed by atoms with Crippen molar-refractivity contribution in [3.63, 3.8) is 0 Å². The normalized spacial score (nSPS) is 11.0. The number of carbonyl (C=O) groups excluding carboxylic acids is 1. The van der Waals surface area contributed by atoms with E-state index in [0.29, 0.717) is 23.1 Å². The number of amides is 1. The second-order valence-electron chi connectivity index (χ2n) is 6.41. The van der Waals surface area contributed by atoms with Crippen LogP contribution in [0.4, 0.5) is 17.5 Å². The summed E-state index contributed by atoms with van der Waals surface area (Å²) >= 11 is 1.47. The third-order valence-corrected chi connectivity index (χ3v) is 4.91. The Morgan fingerprint density at radius 3 is 2.69 bits per heavy atom. The van der Waals surface area contributed by atoms with Crippen molar-refractivity contribution >= 4 is 40.8 Å². The highest BCUT2D eigenvalue weighted by molar-refractivity contribution is 7.99. The summed E-state index contributed by atoms with van der Waals surface area (Å²) in [4.78, 5) is 21.2. The second kappa shape index (κ2) is 7.94. The van der Waals surface area contributed by atoms with Crippen LogP contribution in [0.1, 0.15) is 18.3 Å². The summed E-state index contributed by atoms with van der Waals surface area (Å²) in [6.45, 7) is 3.23. The molecule has 9 nitrogen and oxygen atoms in total. The molecule has 4 N–H and O–H groups in total. The number of aliphatic hydroxyl groups excluding tert-OH is 1. The molecule has 29 heavy (non-hydrogen) atoms. The number of fused-ring (bicyclic) bond motifs is 1. The number of rotatable bonds is 6. The van der Waals surface area contributed by atoms with Gasteiger partial charge in [0.2, 0.25) is 11.9 Å². The highest BCUT2D eigenvalue weighted by Crippen LogP contribution is 2.30. The molecule has 4 rings (SSSR count). The summed E-state index contributed by atoms with van der Waals surface area (Å²) < 4.78 is 1.78. The van der Waals surface area contributed by atoms with Crippen LogP contribution in [0.25, 0.3) is 5.65 Å². The topological polar surface area (TPSA) is 120 Å². The van der Waals surface area contributed by atoms with E-state index in [2.05, 4.69) is 30.8 Å². The Bertz CT molecular complexity index is 1170. The number of anilines is 3. The van der Waals surface area contributed by atoms with Crippen LogP contribution in [-0.4, -0.2) is 35.6 Å². The summed E-state index contributed by atoms with van der Waals surface area (Å²) in [5.74, 6) is 1.07. The molecule has 0 radical (unpaired) electrons. The molecule has 1 aromatic carbocycles. The van der Waals surface area contributed by atoms with Crippen molar-refractivity contribution in [1.29, 1.82) is 0 Å².